The van der Waals surface area contributed by atoms with Gasteiger partial charge in [-0.05, 0) is 19.6 Å². The molecule has 3 aliphatic rings. The third-order valence-electron chi connectivity index (χ3n) is 4.77. The van der Waals surface area contributed by atoms with Crippen molar-refractivity contribution in [3.63, 3.8) is 0 Å². The molecule has 2 aliphatic heterocycles. The Morgan fingerprint density at radius 1 is 1.08 bits per heavy atom. The molecule has 0 radical (unpaired) electrons. The molecule has 0 unspecified atom stereocenters. The van der Waals surface area contributed by atoms with Crippen LogP contribution in [0.15, 0.2) is 24.3 Å². The minimum atomic E-state index is -2.26. The number of hydrogen-bond acceptors (Lipinski definition) is 6. The molecule has 6 nitrogen and oxygen atoms in total. The first-order valence-corrected chi connectivity index (χ1v) is 11.3. The van der Waals surface area contributed by atoms with Crippen LogP contribution in [-0.2, 0) is 18.7 Å². The maximum atomic E-state index is 13.4. The molecule has 2 heterocycles. The number of ketones is 2. The lowest BCUT2D eigenvalue weighted by Gasteiger charge is -2.46. The minimum absolute atomic E-state index is 0.0437. The van der Waals surface area contributed by atoms with Crippen molar-refractivity contribution in [2.45, 2.75) is 43.4 Å². The summed E-state index contributed by atoms with van der Waals surface area (Å²) in [6, 6.07) is 6.60. The summed E-state index contributed by atoms with van der Waals surface area (Å²) in [5.74, 6) is -1.27. The van der Waals surface area contributed by atoms with E-state index in [0.29, 0.717) is 5.56 Å². The van der Waals surface area contributed by atoms with Gasteiger partial charge in [0.2, 0.25) is 17.2 Å². The van der Waals surface area contributed by atoms with E-state index < -0.39 is 37.4 Å². The molecule has 2 fully saturated rings. The third-order valence-corrected chi connectivity index (χ3v) is 5.73. The normalized spacial score (nSPS) is 34.6. The molecule has 24 heavy (non-hydrogen) atoms. The van der Waals surface area contributed by atoms with Crippen LogP contribution in [0.5, 0.6) is 0 Å². The highest BCUT2D eigenvalue weighted by atomic mass is 28.4. The maximum absolute atomic E-state index is 13.4. The third kappa shape index (κ3) is 1.74. The molecule has 0 N–H and O–H groups in total. The van der Waals surface area contributed by atoms with Crippen LogP contribution in [0.25, 0.3) is 0 Å². The first kappa shape index (κ1) is 15.7. The minimum Gasteiger partial charge on any atom is -0.444 e. The second kappa shape index (κ2) is 4.62. The van der Waals surface area contributed by atoms with Gasteiger partial charge < -0.3 is 13.9 Å². The van der Waals surface area contributed by atoms with Gasteiger partial charge in [-0.3, -0.25) is 14.4 Å². The average Bonchev–Trinajstić information content (AvgIpc) is 2.99. The fourth-order valence-corrected chi connectivity index (χ4v) is 5.36. The largest absolute Gasteiger partial charge is 0.444 e. The number of hydrogen-bond donors (Lipinski definition) is 0. The Hall–Kier alpha value is -1.83. The average molecular weight is 346 g/mol. The standard InChI is InChI=1S/C17H18O6Si/c1-24(2,3)23-16-9-21-12-8-13(18)22-17(12,16)15(20)11-7-5-4-6-10(11)14(16)19/h4-7,12H,8-9H2,1-3H3/t12-,16+,17-/m0/s1. The van der Waals surface area contributed by atoms with E-state index in [9.17, 15) is 14.4 Å². The zero-order valence-electron chi connectivity index (χ0n) is 13.8. The van der Waals surface area contributed by atoms with Crippen LogP contribution in [0, 0.1) is 0 Å². The lowest BCUT2D eigenvalue weighted by molar-refractivity contribution is -0.155. The molecular weight excluding hydrogens is 328 g/mol. The van der Waals surface area contributed by atoms with Gasteiger partial charge in [-0.25, -0.2) is 0 Å². The highest BCUT2D eigenvalue weighted by Crippen LogP contribution is 2.53. The quantitative estimate of drug-likeness (QED) is 0.599. The Morgan fingerprint density at radius 3 is 2.33 bits per heavy atom. The van der Waals surface area contributed by atoms with Crippen molar-refractivity contribution in [3.05, 3.63) is 35.4 Å². The number of benzene rings is 1. The van der Waals surface area contributed by atoms with E-state index in [-0.39, 0.29) is 24.4 Å². The van der Waals surface area contributed by atoms with E-state index >= 15 is 0 Å². The van der Waals surface area contributed by atoms with E-state index in [2.05, 4.69) is 0 Å². The first-order valence-electron chi connectivity index (χ1n) is 7.93. The Bertz CT molecular complexity index is 782. The molecule has 0 bridgehead atoms. The van der Waals surface area contributed by atoms with Crippen molar-refractivity contribution < 1.29 is 28.3 Å². The van der Waals surface area contributed by atoms with Gasteiger partial charge in [0, 0.05) is 11.1 Å². The molecule has 3 atom stereocenters. The van der Waals surface area contributed by atoms with Crippen LogP contribution >= 0.6 is 0 Å². The fourth-order valence-electron chi connectivity index (χ4n) is 4.01. The van der Waals surface area contributed by atoms with Gasteiger partial charge in [-0.15, -0.1) is 0 Å². The zero-order chi connectivity index (χ0) is 17.3. The lowest BCUT2D eigenvalue weighted by atomic mass is 9.67. The van der Waals surface area contributed by atoms with Gasteiger partial charge in [0.15, 0.2) is 13.9 Å². The summed E-state index contributed by atoms with van der Waals surface area (Å²) in [4.78, 5) is 38.6. The monoisotopic (exact) mass is 346 g/mol. The van der Waals surface area contributed by atoms with Crippen LogP contribution in [0.3, 0.4) is 0 Å². The summed E-state index contributed by atoms with van der Waals surface area (Å²) in [5.41, 5.74) is -2.71. The molecule has 7 heteroatoms. The zero-order valence-corrected chi connectivity index (χ0v) is 14.8. The Morgan fingerprint density at radius 2 is 1.71 bits per heavy atom. The van der Waals surface area contributed by atoms with Crippen molar-refractivity contribution in [1.82, 2.24) is 0 Å². The number of esters is 1. The lowest BCUT2D eigenvalue weighted by Crippen LogP contribution is -2.70. The Balaban J connectivity index is 2.00. The molecule has 0 aromatic heterocycles. The van der Waals surface area contributed by atoms with E-state index in [1.807, 2.05) is 19.6 Å². The number of rotatable bonds is 2. The van der Waals surface area contributed by atoms with Crippen molar-refractivity contribution in [2.24, 2.45) is 0 Å². The van der Waals surface area contributed by atoms with E-state index in [0.717, 1.165) is 0 Å². The number of carbonyl (C=O) groups excluding carboxylic acids is 3. The number of ether oxygens (including phenoxy) is 2. The highest BCUT2D eigenvalue weighted by Gasteiger charge is 2.78. The van der Waals surface area contributed by atoms with Gasteiger partial charge in [-0.2, -0.15) is 0 Å². The summed E-state index contributed by atoms with van der Waals surface area (Å²) in [6.45, 7) is 5.71. The van der Waals surface area contributed by atoms with Gasteiger partial charge in [0.05, 0.1) is 13.0 Å². The maximum Gasteiger partial charge on any atom is 0.309 e. The van der Waals surface area contributed by atoms with E-state index in [1.165, 1.54) is 0 Å². The van der Waals surface area contributed by atoms with Gasteiger partial charge in [-0.1, -0.05) is 24.3 Å². The van der Waals surface area contributed by atoms with Gasteiger partial charge in [0.1, 0.15) is 6.10 Å². The highest BCUT2D eigenvalue weighted by molar-refractivity contribution is 6.70. The topological polar surface area (TPSA) is 78.9 Å². The van der Waals surface area contributed by atoms with E-state index in [1.54, 1.807) is 24.3 Å². The van der Waals surface area contributed by atoms with Crippen LogP contribution in [0.4, 0.5) is 0 Å². The SMILES string of the molecule is C[Si](C)(C)O[C@@]12CO[C@H]3CC(=O)O[C@]31C(=O)c1ccccc1C2=O. The van der Waals surface area contributed by atoms with E-state index in [4.69, 9.17) is 13.9 Å². The summed E-state index contributed by atoms with van der Waals surface area (Å²) < 4.78 is 17.5. The smallest absolute Gasteiger partial charge is 0.309 e. The number of Topliss-reactive ketones (excluding diaryl/α,β-unsaturated/α-hetero) is 2. The molecule has 0 amide bonds. The van der Waals surface area contributed by atoms with Crippen LogP contribution in [0.1, 0.15) is 27.1 Å². The molecule has 1 spiro atoms. The van der Waals surface area contributed by atoms with Crippen molar-refractivity contribution >= 4 is 25.9 Å². The second-order valence-corrected chi connectivity index (χ2v) is 11.9. The molecule has 0 saturated carbocycles. The molecule has 1 aliphatic carbocycles. The Labute approximate surface area is 140 Å². The Kier molecular flexibility index (Phi) is 3.02. The molecule has 4 rings (SSSR count). The predicted octanol–water partition coefficient (Wildman–Crippen LogP) is 1.74. The number of fused-ring (bicyclic) bond motifs is 1. The van der Waals surface area contributed by atoms with Gasteiger partial charge >= 0.3 is 5.97 Å². The molecule has 1 aromatic carbocycles. The molecular formula is C17H18O6Si. The molecule has 2 saturated heterocycles. The summed E-state index contributed by atoms with van der Waals surface area (Å²) in [7, 11) is -2.26. The first-order chi connectivity index (χ1) is 11.2. The number of carbonyl (C=O) groups is 3. The summed E-state index contributed by atoms with van der Waals surface area (Å²) >= 11 is 0. The van der Waals surface area contributed by atoms with Crippen LogP contribution in [-0.4, -0.2) is 49.8 Å². The molecule has 126 valence electrons. The van der Waals surface area contributed by atoms with Crippen molar-refractivity contribution in [3.8, 4) is 0 Å². The second-order valence-electron chi connectivity index (χ2n) is 7.46. The summed E-state index contributed by atoms with van der Waals surface area (Å²) in [5, 5.41) is 0. The van der Waals surface area contributed by atoms with Crippen LogP contribution in [0.2, 0.25) is 19.6 Å². The summed E-state index contributed by atoms with van der Waals surface area (Å²) in [6.07, 6.45) is -0.830. The molecule has 1 aromatic rings. The predicted molar refractivity (Wildman–Crippen MR) is 85.4 cm³/mol. The van der Waals surface area contributed by atoms with Gasteiger partial charge in [0.25, 0.3) is 0 Å². The van der Waals surface area contributed by atoms with Crippen LogP contribution < -0.4 is 0 Å². The fraction of sp³-hybridized carbons (Fsp3) is 0.471. The van der Waals surface area contributed by atoms with Crippen molar-refractivity contribution in [2.75, 3.05) is 6.61 Å². The van der Waals surface area contributed by atoms with Crippen molar-refractivity contribution in [1.29, 1.82) is 0 Å².